The third-order valence-electron chi connectivity index (χ3n) is 2.85. The van der Waals surface area contributed by atoms with Crippen molar-refractivity contribution in [2.45, 2.75) is 33.3 Å². The van der Waals surface area contributed by atoms with Gasteiger partial charge in [-0.2, -0.15) is 0 Å². The van der Waals surface area contributed by atoms with Crippen LogP contribution in [0.2, 0.25) is 5.02 Å². The Morgan fingerprint density at radius 3 is 2.57 bits per heavy atom. The molecule has 1 heterocycles. The van der Waals surface area contributed by atoms with E-state index < -0.39 is 11.7 Å². The fraction of sp³-hybridized carbons (Fsp3) is 0.312. The highest BCUT2D eigenvalue weighted by Gasteiger charge is 2.21. The third-order valence-corrected chi connectivity index (χ3v) is 3.52. The molecule has 5 heteroatoms. The summed E-state index contributed by atoms with van der Waals surface area (Å²) in [5.74, 6) is 0. The second kappa shape index (κ2) is 5.85. The van der Waals surface area contributed by atoms with Crippen LogP contribution in [0.25, 0.3) is 11.3 Å². The van der Waals surface area contributed by atoms with Gasteiger partial charge in [0.05, 0.1) is 5.69 Å². The summed E-state index contributed by atoms with van der Waals surface area (Å²) in [4.78, 5) is 12.4. The second-order valence-corrected chi connectivity index (χ2v) is 7.21. The lowest BCUT2D eigenvalue weighted by molar-refractivity contribution is 0.0540. The lowest BCUT2D eigenvalue weighted by atomic mass is 10.1. The normalized spacial score (nSPS) is 11.5. The van der Waals surface area contributed by atoms with Crippen molar-refractivity contribution in [1.82, 2.24) is 4.57 Å². The van der Waals surface area contributed by atoms with Crippen LogP contribution in [-0.4, -0.2) is 16.3 Å². The van der Waals surface area contributed by atoms with Crippen molar-refractivity contribution >= 4 is 33.6 Å². The standard InChI is InChI=1S/C16H17BrClNO2/c1-10-5-6-12(18)8-13(10)14-7-11(17)9-19(14)15(20)21-16(2,3)4/h5-9H,1-4H3. The maximum absolute atomic E-state index is 12.4. The molecular formula is C16H17BrClNO2. The Morgan fingerprint density at radius 2 is 1.95 bits per heavy atom. The molecule has 0 saturated heterocycles. The van der Waals surface area contributed by atoms with Gasteiger partial charge in [-0.1, -0.05) is 17.7 Å². The third kappa shape index (κ3) is 3.89. The molecule has 0 bridgehead atoms. The van der Waals surface area contributed by atoms with Crippen LogP contribution in [0.15, 0.2) is 34.9 Å². The predicted octanol–water partition coefficient (Wildman–Crippen LogP) is 5.66. The molecule has 1 aromatic heterocycles. The summed E-state index contributed by atoms with van der Waals surface area (Å²) < 4.78 is 7.74. The van der Waals surface area contributed by atoms with Gasteiger partial charge in [0.15, 0.2) is 0 Å². The zero-order chi connectivity index (χ0) is 15.8. The lowest BCUT2D eigenvalue weighted by Gasteiger charge is -2.20. The number of aryl methyl sites for hydroxylation is 1. The molecule has 0 saturated carbocycles. The molecule has 0 atom stereocenters. The Morgan fingerprint density at radius 1 is 1.29 bits per heavy atom. The molecule has 0 amide bonds. The Bertz CT molecular complexity index is 686. The van der Waals surface area contributed by atoms with E-state index in [4.69, 9.17) is 16.3 Å². The van der Waals surface area contributed by atoms with E-state index >= 15 is 0 Å². The molecule has 0 N–H and O–H groups in total. The minimum Gasteiger partial charge on any atom is -0.443 e. The Kier molecular flexibility index (Phi) is 4.49. The average Bonchev–Trinajstić information content (AvgIpc) is 2.72. The molecule has 2 aromatic rings. The maximum Gasteiger partial charge on any atom is 0.419 e. The summed E-state index contributed by atoms with van der Waals surface area (Å²) in [6, 6.07) is 7.48. The van der Waals surface area contributed by atoms with Crippen molar-refractivity contribution in [1.29, 1.82) is 0 Å². The van der Waals surface area contributed by atoms with E-state index in [-0.39, 0.29) is 0 Å². The summed E-state index contributed by atoms with van der Waals surface area (Å²) >= 11 is 9.48. The van der Waals surface area contributed by atoms with Crippen LogP contribution in [0, 0.1) is 6.92 Å². The first-order valence-corrected chi connectivity index (χ1v) is 7.72. The van der Waals surface area contributed by atoms with Gasteiger partial charge in [-0.05, 0) is 67.4 Å². The van der Waals surface area contributed by atoms with E-state index in [1.165, 1.54) is 4.57 Å². The average molecular weight is 371 g/mol. The number of nitrogens with zero attached hydrogens (tertiary/aromatic N) is 1. The van der Waals surface area contributed by atoms with Crippen LogP contribution in [0.3, 0.4) is 0 Å². The van der Waals surface area contributed by atoms with E-state index in [1.807, 2.05) is 52.0 Å². The molecule has 0 aliphatic heterocycles. The number of rotatable bonds is 1. The van der Waals surface area contributed by atoms with Crippen LogP contribution in [0.1, 0.15) is 26.3 Å². The SMILES string of the molecule is Cc1ccc(Cl)cc1-c1cc(Br)cn1C(=O)OC(C)(C)C. The van der Waals surface area contributed by atoms with Gasteiger partial charge >= 0.3 is 6.09 Å². The van der Waals surface area contributed by atoms with Crippen molar-refractivity contribution in [2.75, 3.05) is 0 Å². The van der Waals surface area contributed by atoms with Crippen LogP contribution in [-0.2, 0) is 4.74 Å². The number of ether oxygens (including phenoxy) is 1. The van der Waals surface area contributed by atoms with Crippen molar-refractivity contribution in [3.63, 3.8) is 0 Å². The fourth-order valence-electron chi connectivity index (χ4n) is 1.97. The van der Waals surface area contributed by atoms with Gasteiger partial charge in [-0.15, -0.1) is 0 Å². The van der Waals surface area contributed by atoms with Crippen molar-refractivity contribution in [2.24, 2.45) is 0 Å². The number of carbonyl (C=O) groups is 1. The van der Waals surface area contributed by atoms with E-state index in [0.29, 0.717) is 5.02 Å². The molecule has 21 heavy (non-hydrogen) atoms. The number of aromatic nitrogens is 1. The smallest absolute Gasteiger partial charge is 0.419 e. The summed E-state index contributed by atoms with van der Waals surface area (Å²) in [5, 5.41) is 0.628. The summed E-state index contributed by atoms with van der Waals surface area (Å²) in [5.41, 5.74) is 2.14. The molecule has 0 aliphatic rings. The summed E-state index contributed by atoms with van der Waals surface area (Å²) in [7, 11) is 0. The van der Waals surface area contributed by atoms with Gasteiger partial charge in [0, 0.05) is 21.3 Å². The molecule has 1 aromatic carbocycles. The topological polar surface area (TPSA) is 31.2 Å². The number of hydrogen-bond acceptors (Lipinski definition) is 2. The van der Waals surface area contributed by atoms with Crippen LogP contribution in [0.5, 0.6) is 0 Å². The fourth-order valence-corrected chi connectivity index (χ4v) is 2.56. The highest BCUT2D eigenvalue weighted by Crippen LogP contribution is 2.30. The second-order valence-electron chi connectivity index (χ2n) is 5.85. The molecule has 0 unspecified atom stereocenters. The van der Waals surface area contributed by atoms with E-state index in [0.717, 1.165) is 21.3 Å². The highest BCUT2D eigenvalue weighted by molar-refractivity contribution is 9.10. The number of hydrogen-bond donors (Lipinski definition) is 0. The van der Waals surface area contributed by atoms with Crippen LogP contribution >= 0.6 is 27.5 Å². The van der Waals surface area contributed by atoms with Gasteiger partial charge < -0.3 is 4.74 Å². The minimum atomic E-state index is -0.547. The Labute approximate surface area is 138 Å². The van der Waals surface area contributed by atoms with E-state index in [2.05, 4.69) is 15.9 Å². The van der Waals surface area contributed by atoms with Gasteiger partial charge in [0.2, 0.25) is 0 Å². The van der Waals surface area contributed by atoms with Gasteiger partial charge in [0.25, 0.3) is 0 Å². The van der Waals surface area contributed by atoms with E-state index in [1.54, 1.807) is 6.20 Å². The highest BCUT2D eigenvalue weighted by atomic mass is 79.9. The molecule has 0 fully saturated rings. The van der Waals surface area contributed by atoms with Crippen LogP contribution < -0.4 is 0 Å². The number of halogens is 2. The Balaban J connectivity index is 2.51. The summed E-state index contributed by atoms with van der Waals surface area (Å²) in [6.07, 6.45) is 1.28. The van der Waals surface area contributed by atoms with Gasteiger partial charge in [0.1, 0.15) is 5.60 Å². The first-order valence-electron chi connectivity index (χ1n) is 6.55. The maximum atomic E-state index is 12.4. The largest absolute Gasteiger partial charge is 0.443 e. The molecule has 2 rings (SSSR count). The zero-order valence-electron chi connectivity index (χ0n) is 12.4. The van der Waals surface area contributed by atoms with Crippen LogP contribution in [0.4, 0.5) is 4.79 Å². The number of carbonyl (C=O) groups excluding carboxylic acids is 1. The number of benzene rings is 1. The molecular weight excluding hydrogens is 354 g/mol. The summed E-state index contributed by atoms with van der Waals surface area (Å²) in [6.45, 7) is 7.50. The van der Waals surface area contributed by atoms with Gasteiger partial charge in [-0.25, -0.2) is 4.79 Å². The van der Waals surface area contributed by atoms with Gasteiger partial charge in [-0.3, -0.25) is 4.57 Å². The Hall–Kier alpha value is -1.26. The molecule has 0 radical (unpaired) electrons. The monoisotopic (exact) mass is 369 g/mol. The minimum absolute atomic E-state index is 0.414. The van der Waals surface area contributed by atoms with Crippen molar-refractivity contribution in [3.05, 3.63) is 45.5 Å². The first-order chi connectivity index (χ1) is 9.67. The predicted molar refractivity (Wildman–Crippen MR) is 88.9 cm³/mol. The quantitative estimate of drug-likeness (QED) is 0.648. The molecule has 112 valence electrons. The molecule has 0 aliphatic carbocycles. The van der Waals surface area contributed by atoms with Crippen molar-refractivity contribution < 1.29 is 9.53 Å². The molecule has 0 spiro atoms. The molecule has 3 nitrogen and oxygen atoms in total. The first kappa shape index (κ1) is 16.1. The van der Waals surface area contributed by atoms with E-state index in [9.17, 15) is 4.79 Å². The lowest BCUT2D eigenvalue weighted by Crippen LogP contribution is -2.27. The van der Waals surface area contributed by atoms with Crippen molar-refractivity contribution in [3.8, 4) is 11.3 Å². The zero-order valence-corrected chi connectivity index (χ0v) is 14.7.